The largest absolute Gasteiger partial charge is 0.334 e. The molecule has 34 heavy (non-hydrogen) atoms. The van der Waals surface area contributed by atoms with E-state index < -0.39 is 12.1 Å². The fourth-order valence-electron chi connectivity index (χ4n) is 4.31. The number of halogens is 2. The molecular formula is C26H34Cl2N4O2. The van der Waals surface area contributed by atoms with E-state index in [1.165, 1.54) is 37.7 Å². The minimum Gasteiger partial charge on any atom is -0.334 e. The summed E-state index contributed by atoms with van der Waals surface area (Å²) in [7, 11) is 0. The van der Waals surface area contributed by atoms with Gasteiger partial charge in [-0.25, -0.2) is 4.79 Å². The lowest BCUT2D eigenvalue weighted by atomic mass is 9.84. The number of urea groups is 1. The molecule has 1 aliphatic rings. The van der Waals surface area contributed by atoms with E-state index in [0.717, 1.165) is 24.1 Å². The maximum atomic E-state index is 13.0. The molecular weight excluding hydrogens is 471 g/mol. The van der Waals surface area contributed by atoms with Crippen molar-refractivity contribution in [2.24, 2.45) is 5.73 Å². The normalized spacial score (nSPS) is 14.9. The van der Waals surface area contributed by atoms with E-state index >= 15 is 0 Å². The quantitative estimate of drug-likeness (QED) is 0.299. The monoisotopic (exact) mass is 504 g/mol. The van der Waals surface area contributed by atoms with Crippen molar-refractivity contribution in [1.82, 2.24) is 10.6 Å². The molecule has 6 nitrogen and oxygen atoms in total. The second-order valence-electron chi connectivity index (χ2n) is 8.86. The lowest BCUT2D eigenvalue weighted by Crippen LogP contribution is -2.47. The van der Waals surface area contributed by atoms with Gasteiger partial charge in [0.05, 0.1) is 10.0 Å². The second-order valence-corrected chi connectivity index (χ2v) is 9.67. The number of benzene rings is 2. The molecule has 2 aromatic rings. The Morgan fingerprint density at radius 3 is 2.38 bits per heavy atom. The molecule has 0 aliphatic heterocycles. The van der Waals surface area contributed by atoms with Crippen LogP contribution in [0.1, 0.15) is 68.4 Å². The van der Waals surface area contributed by atoms with Gasteiger partial charge >= 0.3 is 6.03 Å². The fraction of sp³-hybridized carbons (Fsp3) is 0.462. The SMILES string of the molecule is NCCCC[C@@H](NC(=O)NCc1ccc(Cl)c(Cl)c1)C(=O)Nc1ccc(C2CCCCC2)cc1. The maximum absolute atomic E-state index is 13.0. The van der Waals surface area contributed by atoms with Crippen molar-refractivity contribution >= 4 is 40.8 Å². The Hall–Kier alpha value is -2.28. The van der Waals surface area contributed by atoms with Crippen LogP contribution in [0.4, 0.5) is 10.5 Å². The number of nitrogens with one attached hydrogen (secondary N) is 3. The lowest BCUT2D eigenvalue weighted by Gasteiger charge is -2.22. The van der Waals surface area contributed by atoms with Gasteiger partial charge in [0.2, 0.25) is 5.91 Å². The summed E-state index contributed by atoms with van der Waals surface area (Å²) in [6, 6.07) is 12.2. The zero-order valence-electron chi connectivity index (χ0n) is 19.4. The van der Waals surface area contributed by atoms with Crippen molar-refractivity contribution in [1.29, 1.82) is 0 Å². The van der Waals surface area contributed by atoms with E-state index in [1.807, 2.05) is 12.1 Å². The van der Waals surface area contributed by atoms with E-state index in [1.54, 1.807) is 18.2 Å². The zero-order chi connectivity index (χ0) is 24.3. The van der Waals surface area contributed by atoms with Crippen LogP contribution < -0.4 is 21.7 Å². The van der Waals surface area contributed by atoms with Gasteiger partial charge in [0.1, 0.15) is 6.04 Å². The van der Waals surface area contributed by atoms with Crippen LogP contribution >= 0.6 is 23.2 Å². The van der Waals surface area contributed by atoms with Crippen LogP contribution in [0.15, 0.2) is 42.5 Å². The first-order valence-electron chi connectivity index (χ1n) is 12.1. The summed E-state index contributed by atoms with van der Waals surface area (Å²) < 4.78 is 0. The first kappa shape index (κ1) is 26.3. The standard InChI is InChI=1S/C26H34Cl2N4O2/c27-22-14-9-18(16-23(22)28)17-30-26(34)32-24(8-4-5-15-29)25(33)31-21-12-10-20(11-13-21)19-6-2-1-3-7-19/h9-14,16,19,24H,1-8,15,17,29H2,(H,31,33)(H2,30,32,34)/t24-/m1/s1. The van der Waals surface area contributed by atoms with Gasteiger partial charge in [-0.05, 0) is 80.0 Å². The maximum Gasteiger partial charge on any atom is 0.315 e. The average molecular weight is 505 g/mol. The fourth-order valence-corrected chi connectivity index (χ4v) is 4.63. The molecule has 2 aromatic carbocycles. The summed E-state index contributed by atoms with van der Waals surface area (Å²) in [5.41, 5.74) is 8.48. The van der Waals surface area contributed by atoms with E-state index in [0.29, 0.717) is 28.9 Å². The third-order valence-electron chi connectivity index (χ3n) is 6.26. The topological polar surface area (TPSA) is 96.2 Å². The number of unbranched alkanes of at least 4 members (excludes halogenated alkanes) is 1. The summed E-state index contributed by atoms with van der Waals surface area (Å²) in [6.07, 6.45) is 8.38. The average Bonchev–Trinajstić information content (AvgIpc) is 2.85. The van der Waals surface area contributed by atoms with Crippen LogP contribution in [0, 0.1) is 0 Å². The number of nitrogens with two attached hydrogens (primary N) is 1. The van der Waals surface area contributed by atoms with Gasteiger partial charge in [-0.15, -0.1) is 0 Å². The Bertz CT molecular complexity index is 946. The molecule has 1 atom stereocenters. The van der Waals surface area contributed by atoms with Gasteiger partial charge in [0, 0.05) is 12.2 Å². The Balaban J connectivity index is 1.56. The van der Waals surface area contributed by atoms with E-state index in [-0.39, 0.29) is 12.5 Å². The van der Waals surface area contributed by atoms with Gasteiger partial charge in [0.25, 0.3) is 0 Å². The van der Waals surface area contributed by atoms with E-state index in [4.69, 9.17) is 28.9 Å². The molecule has 0 spiro atoms. The Labute approximate surface area is 212 Å². The van der Waals surface area contributed by atoms with Gasteiger partial charge in [0.15, 0.2) is 0 Å². The summed E-state index contributed by atoms with van der Waals surface area (Å²) in [4.78, 5) is 25.5. The second kappa shape index (κ2) is 13.6. The van der Waals surface area contributed by atoms with Crippen LogP contribution in [-0.4, -0.2) is 24.5 Å². The predicted octanol–water partition coefficient (Wildman–Crippen LogP) is 5.98. The summed E-state index contributed by atoms with van der Waals surface area (Å²) in [6.45, 7) is 0.809. The number of anilines is 1. The minimum absolute atomic E-state index is 0.243. The molecule has 3 amide bonds. The molecule has 0 radical (unpaired) electrons. The van der Waals surface area contributed by atoms with Crippen LogP contribution in [0.25, 0.3) is 0 Å². The van der Waals surface area contributed by atoms with Crippen LogP contribution in [-0.2, 0) is 11.3 Å². The van der Waals surface area contributed by atoms with Gasteiger partial charge in [-0.1, -0.05) is 60.7 Å². The highest BCUT2D eigenvalue weighted by molar-refractivity contribution is 6.42. The van der Waals surface area contributed by atoms with Crippen LogP contribution in [0.5, 0.6) is 0 Å². The number of hydrogen-bond donors (Lipinski definition) is 4. The smallest absolute Gasteiger partial charge is 0.315 e. The van der Waals surface area contributed by atoms with Crippen molar-refractivity contribution in [3.8, 4) is 0 Å². The molecule has 8 heteroatoms. The molecule has 5 N–H and O–H groups in total. The lowest BCUT2D eigenvalue weighted by molar-refractivity contribution is -0.118. The van der Waals surface area contributed by atoms with Crippen molar-refractivity contribution < 1.29 is 9.59 Å². The Kier molecular flexibility index (Phi) is 10.5. The summed E-state index contributed by atoms with van der Waals surface area (Å²) in [5.74, 6) is 0.371. The molecule has 0 aromatic heterocycles. The number of carbonyl (C=O) groups is 2. The highest BCUT2D eigenvalue weighted by Gasteiger charge is 2.21. The van der Waals surface area contributed by atoms with Crippen molar-refractivity contribution in [3.63, 3.8) is 0 Å². The van der Waals surface area contributed by atoms with Gasteiger partial charge in [-0.2, -0.15) is 0 Å². The molecule has 1 aliphatic carbocycles. The van der Waals surface area contributed by atoms with Crippen molar-refractivity contribution in [3.05, 3.63) is 63.6 Å². The zero-order valence-corrected chi connectivity index (χ0v) is 20.9. The van der Waals surface area contributed by atoms with E-state index in [9.17, 15) is 9.59 Å². The van der Waals surface area contributed by atoms with Crippen molar-refractivity contribution in [2.75, 3.05) is 11.9 Å². The summed E-state index contributed by atoms with van der Waals surface area (Å²) in [5, 5.41) is 9.40. The minimum atomic E-state index is -0.668. The Morgan fingerprint density at radius 2 is 1.71 bits per heavy atom. The molecule has 1 fully saturated rings. The third kappa shape index (κ3) is 8.19. The molecule has 0 unspecified atom stereocenters. The number of rotatable bonds is 10. The van der Waals surface area contributed by atoms with E-state index in [2.05, 4.69) is 28.1 Å². The summed E-state index contributed by atoms with van der Waals surface area (Å²) >= 11 is 12.0. The first-order valence-corrected chi connectivity index (χ1v) is 12.8. The van der Waals surface area contributed by atoms with Gasteiger partial charge < -0.3 is 21.7 Å². The number of amides is 3. The predicted molar refractivity (Wildman–Crippen MR) is 139 cm³/mol. The van der Waals surface area contributed by atoms with Gasteiger partial charge in [-0.3, -0.25) is 4.79 Å². The molecule has 3 rings (SSSR count). The number of carbonyl (C=O) groups excluding carboxylic acids is 2. The van der Waals surface area contributed by atoms with Crippen LogP contribution in [0.3, 0.4) is 0 Å². The third-order valence-corrected chi connectivity index (χ3v) is 7.00. The van der Waals surface area contributed by atoms with Crippen molar-refractivity contribution in [2.45, 2.75) is 69.9 Å². The molecule has 1 saturated carbocycles. The molecule has 0 saturated heterocycles. The Morgan fingerprint density at radius 1 is 0.971 bits per heavy atom. The highest BCUT2D eigenvalue weighted by Crippen LogP contribution is 2.33. The highest BCUT2D eigenvalue weighted by atomic mass is 35.5. The number of hydrogen-bond acceptors (Lipinski definition) is 3. The first-order chi connectivity index (χ1) is 16.5. The molecule has 0 bridgehead atoms. The molecule has 0 heterocycles. The van der Waals surface area contributed by atoms with Crippen LogP contribution in [0.2, 0.25) is 10.0 Å². The molecule has 184 valence electrons.